The van der Waals surface area contributed by atoms with Crippen LogP contribution in [0.15, 0.2) is 60.0 Å². The predicted molar refractivity (Wildman–Crippen MR) is 104 cm³/mol. The molecule has 1 N–H and O–H groups in total. The van der Waals surface area contributed by atoms with Gasteiger partial charge in [-0.15, -0.1) is 0 Å². The Morgan fingerprint density at radius 2 is 2.00 bits per heavy atom. The van der Waals surface area contributed by atoms with Gasteiger partial charge in [-0.3, -0.25) is 9.36 Å². The number of nitrogens with one attached hydrogen (secondary N) is 1. The van der Waals surface area contributed by atoms with E-state index in [1.807, 2.05) is 35.8 Å². The van der Waals surface area contributed by atoms with Gasteiger partial charge in [-0.05, 0) is 36.8 Å². The maximum atomic E-state index is 12.8. The third-order valence-corrected chi connectivity index (χ3v) is 5.18. The third kappa shape index (κ3) is 4.69. The Balaban J connectivity index is 1.70. The van der Waals surface area contributed by atoms with E-state index in [2.05, 4.69) is 10.3 Å². The van der Waals surface area contributed by atoms with E-state index in [0.717, 1.165) is 29.4 Å². The zero-order valence-corrected chi connectivity index (χ0v) is 16.2. The molecule has 0 saturated heterocycles. The van der Waals surface area contributed by atoms with Crippen molar-refractivity contribution in [3.63, 3.8) is 0 Å². The van der Waals surface area contributed by atoms with Crippen LogP contribution < -0.4 is 5.32 Å². The van der Waals surface area contributed by atoms with Crippen molar-refractivity contribution in [2.75, 3.05) is 11.1 Å². The number of amides is 1. The summed E-state index contributed by atoms with van der Waals surface area (Å²) in [6.07, 6.45) is -1.11. The first-order valence-electron chi connectivity index (χ1n) is 8.14. The van der Waals surface area contributed by atoms with Crippen LogP contribution in [0.25, 0.3) is 5.69 Å². The van der Waals surface area contributed by atoms with Crippen molar-refractivity contribution in [2.45, 2.75) is 18.3 Å². The lowest BCUT2D eigenvalue weighted by atomic mass is 10.2. The van der Waals surface area contributed by atoms with E-state index in [0.29, 0.717) is 5.16 Å². The molecule has 0 aliphatic heterocycles. The lowest BCUT2D eigenvalue weighted by molar-refractivity contribution is -0.137. The van der Waals surface area contributed by atoms with Gasteiger partial charge < -0.3 is 5.32 Å². The fraction of sp³-hybridized carbons (Fsp3) is 0.158. The summed E-state index contributed by atoms with van der Waals surface area (Å²) in [7, 11) is 0. The minimum atomic E-state index is -4.52. The van der Waals surface area contributed by atoms with E-state index in [1.165, 1.54) is 11.8 Å². The van der Waals surface area contributed by atoms with E-state index < -0.39 is 17.6 Å². The second-order valence-electron chi connectivity index (χ2n) is 5.90. The fourth-order valence-corrected chi connectivity index (χ4v) is 3.46. The Kier molecular flexibility index (Phi) is 6.00. The number of hydrogen-bond donors (Lipinski definition) is 1. The number of alkyl halides is 3. The first-order chi connectivity index (χ1) is 13.3. The van der Waals surface area contributed by atoms with Crippen LogP contribution in [-0.2, 0) is 11.0 Å². The van der Waals surface area contributed by atoms with Gasteiger partial charge in [0.1, 0.15) is 0 Å². The molecule has 0 atom stereocenters. The summed E-state index contributed by atoms with van der Waals surface area (Å²) >= 11 is 7.08. The van der Waals surface area contributed by atoms with Gasteiger partial charge in [0.2, 0.25) is 5.91 Å². The number of para-hydroxylation sites is 1. The molecule has 3 aromatic rings. The van der Waals surface area contributed by atoms with Crippen LogP contribution in [0.2, 0.25) is 5.02 Å². The zero-order valence-electron chi connectivity index (χ0n) is 14.6. The molecule has 0 spiro atoms. The number of nitrogens with zero attached hydrogens (tertiary/aromatic N) is 2. The van der Waals surface area contributed by atoms with E-state index in [9.17, 15) is 18.0 Å². The first kappa shape index (κ1) is 20.3. The fourth-order valence-electron chi connectivity index (χ4n) is 2.53. The molecule has 0 radical (unpaired) electrons. The van der Waals surface area contributed by atoms with Gasteiger partial charge in [0.05, 0.1) is 27.7 Å². The second kappa shape index (κ2) is 8.28. The molecule has 0 unspecified atom stereocenters. The molecule has 146 valence electrons. The molecule has 1 aromatic heterocycles. The molecule has 0 aliphatic carbocycles. The van der Waals surface area contributed by atoms with Gasteiger partial charge in [0, 0.05) is 12.4 Å². The van der Waals surface area contributed by atoms with Crippen molar-refractivity contribution in [1.29, 1.82) is 0 Å². The van der Waals surface area contributed by atoms with Crippen LogP contribution in [0.5, 0.6) is 0 Å². The van der Waals surface area contributed by atoms with Crippen LogP contribution in [0, 0.1) is 6.92 Å². The topological polar surface area (TPSA) is 46.9 Å². The molecular weight excluding hydrogens is 411 g/mol. The quantitative estimate of drug-likeness (QED) is 0.542. The molecule has 1 amide bonds. The Morgan fingerprint density at radius 1 is 1.25 bits per heavy atom. The highest BCUT2D eigenvalue weighted by Crippen LogP contribution is 2.34. The third-order valence-electron chi connectivity index (χ3n) is 3.88. The Labute approximate surface area is 168 Å². The highest BCUT2D eigenvalue weighted by Gasteiger charge is 2.31. The standard InChI is InChI=1S/C19H15ClF3N3OS/c1-12-4-2-3-5-16(12)26-9-8-24-18(26)28-11-17(27)25-15-10-13(19(21,22)23)6-7-14(15)20/h2-10H,11H2,1H3,(H,25,27). The molecule has 1 heterocycles. The SMILES string of the molecule is Cc1ccccc1-n1ccnc1SCC(=O)Nc1cc(C(F)(F)F)ccc1Cl. The van der Waals surface area contributed by atoms with Gasteiger partial charge in [-0.2, -0.15) is 13.2 Å². The van der Waals surface area contributed by atoms with E-state index in [4.69, 9.17) is 11.6 Å². The number of rotatable bonds is 5. The Morgan fingerprint density at radius 3 is 2.71 bits per heavy atom. The first-order valence-corrected chi connectivity index (χ1v) is 9.51. The molecule has 28 heavy (non-hydrogen) atoms. The van der Waals surface area contributed by atoms with Gasteiger partial charge in [-0.25, -0.2) is 4.98 Å². The summed E-state index contributed by atoms with van der Waals surface area (Å²) in [5, 5.41) is 3.06. The Bertz CT molecular complexity index is 1000. The average Bonchev–Trinajstić information content (AvgIpc) is 3.09. The number of carbonyl (C=O) groups excluding carboxylic acids is 1. The molecule has 9 heteroatoms. The summed E-state index contributed by atoms with van der Waals surface area (Å²) in [5.74, 6) is -0.513. The number of carbonyl (C=O) groups is 1. The monoisotopic (exact) mass is 425 g/mol. The van der Waals surface area contributed by atoms with E-state index >= 15 is 0 Å². The zero-order chi connectivity index (χ0) is 20.3. The molecular formula is C19H15ClF3N3OS. The van der Waals surface area contributed by atoms with E-state index in [-0.39, 0.29) is 16.5 Å². The van der Waals surface area contributed by atoms with Crippen molar-refractivity contribution < 1.29 is 18.0 Å². The molecule has 0 aliphatic rings. The molecule has 4 nitrogen and oxygen atoms in total. The predicted octanol–water partition coefficient (Wildman–Crippen LogP) is 5.58. The Hall–Kier alpha value is -2.45. The van der Waals surface area contributed by atoms with E-state index in [1.54, 1.807) is 12.4 Å². The number of thioether (sulfide) groups is 1. The summed E-state index contributed by atoms with van der Waals surface area (Å²) in [5.41, 5.74) is 1.02. The normalized spacial score (nSPS) is 11.5. The minimum Gasteiger partial charge on any atom is -0.324 e. The second-order valence-corrected chi connectivity index (χ2v) is 7.25. The number of hydrogen-bond acceptors (Lipinski definition) is 3. The van der Waals surface area contributed by atoms with Crippen LogP contribution in [-0.4, -0.2) is 21.2 Å². The molecule has 0 bridgehead atoms. The van der Waals surface area contributed by atoms with Crippen LogP contribution in [0.3, 0.4) is 0 Å². The maximum Gasteiger partial charge on any atom is 0.416 e. The number of halogens is 4. The van der Waals surface area contributed by atoms with Gasteiger partial charge in [0.15, 0.2) is 5.16 Å². The van der Waals surface area contributed by atoms with Crippen molar-refractivity contribution >= 4 is 35.0 Å². The van der Waals surface area contributed by atoms with Crippen molar-refractivity contribution in [3.8, 4) is 5.69 Å². The largest absolute Gasteiger partial charge is 0.416 e. The van der Waals surface area contributed by atoms with Crippen LogP contribution in [0.1, 0.15) is 11.1 Å². The van der Waals surface area contributed by atoms with Gasteiger partial charge >= 0.3 is 6.18 Å². The molecule has 0 fully saturated rings. The minimum absolute atomic E-state index is 0.0323. The average molecular weight is 426 g/mol. The summed E-state index contributed by atoms with van der Waals surface area (Å²) in [6, 6.07) is 10.5. The van der Waals surface area contributed by atoms with Crippen molar-refractivity contribution in [3.05, 3.63) is 71.0 Å². The molecule has 0 saturated carbocycles. The van der Waals surface area contributed by atoms with Gasteiger partial charge in [0.25, 0.3) is 0 Å². The maximum absolute atomic E-state index is 12.8. The highest BCUT2D eigenvalue weighted by molar-refractivity contribution is 7.99. The summed E-state index contributed by atoms with van der Waals surface area (Å²) < 4.78 is 40.4. The number of benzene rings is 2. The highest BCUT2D eigenvalue weighted by atomic mass is 35.5. The number of imidazole rings is 1. The molecule has 3 rings (SSSR count). The van der Waals surface area contributed by atoms with Crippen molar-refractivity contribution in [2.24, 2.45) is 0 Å². The summed E-state index contributed by atoms with van der Waals surface area (Å²) in [4.78, 5) is 16.5. The summed E-state index contributed by atoms with van der Waals surface area (Å²) in [6.45, 7) is 1.96. The van der Waals surface area contributed by atoms with Crippen molar-refractivity contribution in [1.82, 2.24) is 9.55 Å². The van der Waals surface area contributed by atoms with Gasteiger partial charge in [-0.1, -0.05) is 41.6 Å². The lowest BCUT2D eigenvalue weighted by Gasteiger charge is -2.12. The number of aryl methyl sites for hydroxylation is 1. The number of aromatic nitrogens is 2. The van der Waals surface area contributed by atoms with Crippen LogP contribution >= 0.6 is 23.4 Å². The molecule has 2 aromatic carbocycles. The lowest BCUT2D eigenvalue weighted by Crippen LogP contribution is -2.16. The smallest absolute Gasteiger partial charge is 0.324 e. The number of anilines is 1. The van der Waals surface area contributed by atoms with Crippen LogP contribution in [0.4, 0.5) is 18.9 Å².